The first-order valence-corrected chi connectivity index (χ1v) is 9.41. The molecule has 0 saturated heterocycles. The molecule has 1 aromatic heterocycles. The highest BCUT2D eigenvalue weighted by Crippen LogP contribution is 2.26. The second kappa shape index (κ2) is 8.53. The van der Waals surface area contributed by atoms with Gasteiger partial charge in [-0.2, -0.15) is 0 Å². The molecule has 30 heavy (non-hydrogen) atoms. The highest BCUT2D eigenvalue weighted by molar-refractivity contribution is 6.05. The number of rotatable bonds is 6. The van der Waals surface area contributed by atoms with Gasteiger partial charge in [0, 0.05) is 34.6 Å². The molecule has 1 amide bonds. The molecule has 0 bridgehead atoms. The third-order valence-corrected chi connectivity index (χ3v) is 4.67. The second-order valence-corrected chi connectivity index (χ2v) is 6.64. The summed E-state index contributed by atoms with van der Waals surface area (Å²) in [6, 6.07) is 22.5. The van der Waals surface area contributed by atoms with E-state index in [0.29, 0.717) is 22.7 Å². The van der Waals surface area contributed by atoms with Crippen LogP contribution in [0.5, 0.6) is 11.5 Å². The van der Waals surface area contributed by atoms with Crippen LogP contribution in [0.25, 0.3) is 10.9 Å². The van der Waals surface area contributed by atoms with Gasteiger partial charge < -0.3 is 20.1 Å². The molecular weight excluding hydrogens is 378 g/mol. The molecule has 0 aliphatic carbocycles. The van der Waals surface area contributed by atoms with E-state index in [0.717, 1.165) is 22.3 Å². The number of aromatic nitrogens is 1. The van der Waals surface area contributed by atoms with Gasteiger partial charge in [-0.05, 0) is 48.5 Å². The Bertz CT molecular complexity index is 1160. The van der Waals surface area contributed by atoms with Crippen LogP contribution >= 0.6 is 0 Å². The summed E-state index contributed by atoms with van der Waals surface area (Å²) in [6.07, 6.45) is 1.78. The lowest BCUT2D eigenvalue weighted by Gasteiger charge is -2.11. The number of hydrogen-bond acceptors (Lipinski definition) is 5. The Morgan fingerprint density at radius 3 is 2.20 bits per heavy atom. The van der Waals surface area contributed by atoms with Crippen LogP contribution in [0, 0.1) is 0 Å². The van der Waals surface area contributed by atoms with Gasteiger partial charge in [0.25, 0.3) is 5.91 Å². The van der Waals surface area contributed by atoms with E-state index in [2.05, 4.69) is 15.6 Å². The number of carbonyl (C=O) groups is 1. The fourth-order valence-electron chi connectivity index (χ4n) is 3.14. The van der Waals surface area contributed by atoms with Crippen LogP contribution in [-0.4, -0.2) is 25.1 Å². The minimum Gasteiger partial charge on any atom is -0.497 e. The van der Waals surface area contributed by atoms with Crippen molar-refractivity contribution in [3.63, 3.8) is 0 Å². The largest absolute Gasteiger partial charge is 0.497 e. The maximum Gasteiger partial charge on any atom is 0.255 e. The molecule has 0 aliphatic heterocycles. The Hall–Kier alpha value is -4.06. The zero-order valence-corrected chi connectivity index (χ0v) is 16.7. The molecule has 0 radical (unpaired) electrons. The van der Waals surface area contributed by atoms with E-state index in [1.165, 1.54) is 0 Å². The Morgan fingerprint density at radius 1 is 0.833 bits per heavy atom. The molecule has 0 fully saturated rings. The average molecular weight is 399 g/mol. The van der Waals surface area contributed by atoms with Crippen LogP contribution in [0.2, 0.25) is 0 Å². The summed E-state index contributed by atoms with van der Waals surface area (Å²) < 4.78 is 10.5. The minimum absolute atomic E-state index is 0.244. The normalized spacial score (nSPS) is 10.5. The van der Waals surface area contributed by atoms with Crippen molar-refractivity contribution in [2.24, 2.45) is 0 Å². The van der Waals surface area contributed by atoms with E-state index < -0.39 is 0 Å². The van der Waals surface area contributed by atoms with E-state index in [1.54, 1.807) is 38.6 Å². The Labute approximate surface area is 174 Å². The van der Waals surface area contributed by atoms with Crippen LogP contribution in [0.4, 0.5) is 17.1 Å². The van der Waals surface area contributed by atoms with Crippen LogP contribution in [0.3, 0.4) is 0 Å². The Balaban J connectivity index is 1.49. The fraction of sp³-hybridized carbons (Fsp3) is 0.0833. The number of para-hydroxylation sites is 1. The number of methoxy groups -OCH3 is 2. The van der Waals surface area contributed by atoms with Crippen molar-refractivity contribution >= 4 is 33.9 Å². The van der Waals surface area contributed by atoms with E-state index in [-0.39, 0.29) is 5.91 Å². The van der Waals surface area contributed by atoms with Gasteiger partial charge in [0.2, 0.25) is 0 Å². The van der Waals surface area contributed by atoms with Gasteiger partial charge in [0.05, 0.1) is 25.4 Å². The smallest absolute Gasteiger partial charge is 0.255 e. The van der Waals surface area contributed by atoms with Gasteiger partial charge in [0.15, 0.2) is 0 Å². The second-order valence-electron chi connectivity index (χ2n) is 6.64. The van der Waals surface area contributed by atoms with Crippen LogP contribution in [0.1, 0.15) is 10.4 Å². The molecule has 150 valence electrons. The number of pyridine rings is 1. The number of anilines is 3. The molecule has 0 atom stereocenters. The summed E-state index contributed by atoms with van der Waals surface area (Å²) in [4.78, 5) is 17.1. The average Bonchev–Trinajstić information content (AvgIpc) is 2.80. The van der Waals surface area contributed by atoms with Gasteiger partial charge in [-0.1, -0.05) is 18.2 Å². The monoisotopic (exact) mass is 399 g/mol. The number of amides is 1. The molecule has 4 aromatic rings. The molecule has 0 aliphatic rings. The van der Waals surface area contributed by atoms with E-state index in [1.807, 2.05) is 54.6 Å². The highest BCUT2D eigenvalue weighted by Gasteiger charge is 2.10. The zero-order valence-electron chi connectivity index (χ0n) is 16.7. The van der Waals surface area contributed by atoms with Crippen molar-refractivity contribution in [1.82, 2.24) is 4.98 Å². The summed E-state index contributed by atoms with van der Waals surface area (Å²) in [6.45, 7) is 0. The van der Waals surface area contributed by atoms with Crippen molar-refractivity contribution in [2.75, 3.05) is 24.9 Å². The first-order chi connectivity index (χ1) is 14.7. The number of benzene rings is 3. The van der Waals surface area contributed by atoms with Crippen molar-refractivity contribution in [3.05, 3.63) is 84.6 Å². The predicted octanol–water partition coefficient (Wildman–Crippen LogP) is 5.25. The van der Waals surface area contributed by atoms with Gasteiger partial charge in [-0.25, -0.2) is 0 Å². The first-order valence-electron chi connectivity index (χ1n) is 9.41. The van der Waals surface area contributed by atoms with Crippen molar-refractivity contribution in [1.29, 1.82) is 0 Å². The SMILES string of the molecule is COc1cc(OC)cc(C(=O)Nc2ccc(Nc3cccc4cccnc34)cc2)c1. The quantitative estimate of drug-likeness (QED) is 0.463. The molecule has 1 heterocycles. The third-order valence-electron chi connectivity index (χ3n) is 4.67. The molecule has 6 nitrogen and oxygen atoms in total. The van der Waals surface area contributed by atoms with E-state index in [4.69, 9.17) is 9.47 Å². The summed E-state index contributed by atoms with van der Waals surface area (Å²) in [5.41, 5.74) is 3.87. The van der Waals surface area contributed by atoms with Crippen molar-refractivity contribution in [3.8, 4) is 11.5 Å². The number of carbonyl (C=O) groups excluding carboxylic acids is 1. The van der Waals surface area contributed by atoms with Crippen LogP contribution < -0.4 is 20.1 Å². The molecule has 4 rings (SSSR count). The summed E-state index contributed by atoms with van der Waals surface area (Å²) >= 11 is 0. The molecule has 0 spiro atoms. The topological polar surface area (TPSA) is 72.5 Å². The van der Waals surface area contributed by atoms with Gasteiger partial charge in [-0.3, -0.25) is 9.78 Å². The molecule has 2 N–H and O–H groups in total. The number of hydrogen-bond donors (Lipinski definition) is 2. The number of nitrogens with one attached hydrogen (secondary N) is 2. The van der Waals surface area contributed by atoms with E-state index >= 15 is 0 Å². The molecular formula is C24H21N3O3. The summed E-state index contributed by atoms with van der Waals surface area (Å²) in [7, 11) is 3.10. The summed E-state index contributed by atoms with van der Waals surface area (Å²) in [5, 5.41) is 7.34. The van der Waals surface area contributed by atoms with Crippen molar-refractivity contribution in [2.45, 2.75) is 0 Å². The maximum atomic E-state index is 12.6. The fourth-order valence-corrected chi connectivity index (χ4v) is 3.14. The highest BCUT2D eigenvalue weighted by atomic mass is 16.5. The van der Waals surface area contributed by atoms with Gasteiger partial charge in [0.1, 0.15) is 11.5 Å². The zero-order chi connectivity index (χ0) is 20.9. The number of ether oxygens (including phenoxy) is 2. The molecule has 0 unspecified atom stereocenters. The maximum absolute atomic E-state index is 12.6. The predicted molar refractivity (Wildman–Crippen MR) is 119 cm³/mol. The lowest BCUT2D eigenvalue weighted by molar-refractivity contribution is 0.102. The van der Waals surface area contributed by atoms with Crippen molar-refractivity contribution < 1.29 is 14.3 Å². The Morgan fingerprint density at radius 2 is 1.50 bits per heavy atom. The molecule has 6 heteroatoms. The molecule has 0 saturated carbocycles. The summed E-state index contributed by atoms with van der Waals surface area (Å²) in [5.74, 6) is 0.872. The number of nitrogens with zero attached hydrogens (tertiary/aromatic N) is 1. The van der Waals surface area contributed by atoms with E-state index in [9.17, 15) is 4.79 Å². The lowest BCUT2D eigenvalue weighted by Crippen LogP contribution is -2.12. The number of fused-ring (bicyclic) bond motifs is 1. The van der Waals surface area contributed by atoms with Gasteiger partial charge in [-0.15, -0.1) is 0 Å². The van der Waals surface area contributed by atoms with Crippen LogP contribution in [0.15, 0.2) is 79.0 Å². The standard InChI is InChI=1S/C24H21N3O3/c1-29-20-13-17(14-21(15-20)30-2)24(28)27-19-10-8-18(9-11-19)26-22-7-3-5-16-6-4-12-25-23(16)22/h3-15,26H,1-2H3,(H,27,28). The van der Waals surface area contributed by atoms with Crippen LogP contribution in [-0.2, 0) is 0 Å². The minimum atomic E-state index is -0.244. The Kier molecular flexibility index (Phi) is 5.48. The van der Waals surface area contributed by atoms with Gasteiger partial charge >= 0.3 is 0 Å². The first kappa shape index (κ1) is 19.3. The third kappa shape index (κ3) is 4.17. The lowest BCUT2D eigenvalue weighted by atomic mass is 10.1. The molecule has 3 aromatic carbocycles.